The Morgan fingerprint density at radius 2 is 1.83 bits per heavy atom. The van der Waals surface area contributed by atoms with Gasteiger partial charge in [0.15, 0.2) is 0 Å². The number of ether oxygens (including phenoxy) is 1. The van der Waals surface area contributed by atoms with Crippen molar-refractivity contribution in [2.75, 3.05) is 13.7 Å². The summed E-state index contributed by atoms with van der Waals surface area (Å²) in [6, 6.07) is 10.2. The Morgan fingerprint density at radius 3 is 2.46 bits per heavy atom. The van der Waals surface area contributed by atoms with E-state index in [0.717, 1.165) is 25.0 Å². The van der Waals surface area contributed by atoms with E-state index >= 15 is 0 Å². The highest BCUT2D eigenvalue weighted by Gasteiger charge is 2.22. The zero-order valence-corrected chi connectivity index (χ0v) is 15.7. The maximum Gasteiger partial charge on any atom is 0.305 e. The van der Waals surface area contributed by atoms with Crippen molar-refractivity contribution in [2.45, 2.75) is 50.5 Å². The molecule has 0 aromatic heterocycles. The van der Waals surface area contributed by atoms with Gasteiger partial charge in [-0.15, -0.1) is 11.8 Å². The van der Waals surface area contributed by atoms with Crippen LogP contribution in [0.1, 0.15) is 45.1 Å². The second kappa shape index (κ2) is 12.0. The Morgan fingerprint density at radius 1 is 1.12 bits per heavy atom. The maximum atomic E-state index is 12.4. The first kappa shape index (κ1) is 20.6. The Labute approximate surface area is 149 Å². The van der Waals surface area contributed by atoms with Crippen molar-refractivity contribution in [1.29, 1.82) is 0 Å². The molecule has 0 saturated heterocycles. The van der Waals surface area contributed by atoms with Gasteiger partial charge in [-0.3, -0.25) is 9.59 Å². The van der Waals surface area contributed by atoms with Crippen molar-refractivity contribution in [1.82, 2.24) is 5.32 Å². The fourth-order valence-corrected chi connectivity index (χ4v) is 3.50. The van der Waals surface area contributed by atoms with Crippen LogP contribution in [0.15, 0.2) is 30.3 Å². The fourth-order valence-electron chi connectivity index (χ4n) is 2.32. The summed E-state index contributed by atoms with van der Waals surface area (Å²) in [6.45, 7) is 4.83. The number of hydrogen-bond acceptors (Lipinski definition) is 4. The normalized spacial score (nSPS) is 12.0. The maximum absolute atomic E-state index is 12.4. The molecular formula is C19H29NO3S. The molecule has 1 N–H and O–H groups in total. The number of thioether (sulfide) groups is 1. The highest BCUT2D eigenvalue weighted by atomic mass is 32.2. The number of carbonyl (C=O) groups excluding carboxylic acids is 2. The number of unbranched alkanes of at least 4 members (excludes halogenated alkanes) is 2. The van der Waals surface area contributed by atoms with E-state index in [9.17, 15) is 9.59 Å². The lowest BCUT2D eigenvalue weighted by Gasteiger charge is -2.20. The van der Waals surface area contributed by atoms with Crippen LogP contribution in [-0.2, 0) is 20.1 Å². The van der Waals surface area contributed by atoms with E-state index in [4.69, 9.17) is 0 Å². The highest BCUT2D eigenvalue weighted by Crippen LogP contribution is 2.24. The van der Waals surface area contributed by atoms with Crippen LogP contribution in [0.2, 0.25) is 0 Å². The standard InChI is InChI=1S/C19H29NO3S/c1-15(2)18(24-14-16-10-6-4-7-11-16)19(22)20-13-9-5-8-12-17(21)23-3/h4,6-7,10-11,15,18H,5,8-9,12-14H2,1-3H3,(H,20,22). The second-order valence-corrected chi connectivity index (χ2v) is 7.27. The number of benzene rings is 1. The molecule has 0 aliphatic carbocycles. The van der Waals surface area contributed by atoms with E-state index in [1.165, 1.54) is 12.7 Å². The first-order chi connectivity index (χ1) is 11.5. The lowest BCUT2D eigenvalue weighted by atomic mass is 10.1. The summed E-state index contributed by atoms with van der Waals surface area (Å²) in [4.78, 5) is 23.4. The van der Waals surface area contributed by atoms with Crippen LogP contribution in [0.5, 0.6) is 0 Å². The molecule has 1 atom stereocenters. The number of nitrogens with one attached hydrogen (secondary N) is 1. The van der Waals surface area contributed by atoms with Gasteiger partial charge in [0.2, 0.25) is 5.91 Å². The van der Waals surface area contributed by atoms with Crippen molar-refractivity contribution < 1.29 is 14.3 Å². The van der Waals surface area contributed by atoms with E-state index in [1.54, 1.807) is 11.8 Å². The van der Waals surface area contributed by atoms with E-state index in [2.05, 4.69) is 36.0 Å². The molecule has 0 bridgehead atoms. The average molecular weight is 352 g/mol. The lowest BCUT2D eigenvalue weighted by molar-refractivity contribution is -0.140. The molecule has 0 radical (unpaired) electrons. The summed E-state index contributed by atoms with van der Waals surface area (Å²) in [5, 5.41) is 2.99. The van der Waals surface area contributed by atoms with Gasteiger partial charge < -0.3 is 10.1 Å². The SMILES string of the molecule is COC(=O)CCCCCNC(=O)C(SCc1ccccc1)C(C)C. The van der Waals surface area contributed by atoms with Crippen LogP contribution in [0.25, 0.3) is 0 Å². The summed E-state index contributed by atoms with van der Waals surface area (Å²) < 4.78 is 4.60. The molecule has 1 aromatic carbocycles. The summed E-state index contributed by atoms with van der Waals surface area (Å²) >= 11 is 1.69. The monoisotopic (exact) mass is 351 g/mol. The van der Waals surface area contributed by atoms with E-state index in [-0.39, 0.29) is 23.0 Å². The van der Waals surface area contributed by atoms with Crippen LogP contribution < -0.4 is 5.32 Å². The van der Waals surface area contributed by atoms with Crippen LogP contribution in [0.3, 0.4) is 0 Å². The predicted molar refractivity (Wildman–Crippen MR) is 99.9 cm³/mol. The number of carbonyl (C=O) groups is 2. The summed E-state index contributed by atoms with van der Waals surface area (Å²) in [5.74, 6) is 1.07. The van der Waals surface area contributed by atoms with Gasteiger partial charge in [-0.1, -0.05) is 50.6 Å². The third-order valence-electron chi connectivity index (χ3n) is 3.72. The highest BCUT2D eigenvalue weighted by molar-refractivity contribution is 7.99. The van der Waals surface area contributed by atoms with Gasteiger partial charge >= 0.3 is 5.97 Å². The summed E-state index contributed by atoms with van der Waals surface area (Å²) in [5.41, 5.74) is 1.24. The molecule has 0 fully saturated rings. The molecule has 0 spiro atoms. The van der Waals surface area contributed by atoms with Crippen molar-refractivity contribution >= 4 is 23.6 Å². The van der Waals surface area contributed by atoms with Crippen molar-refractivity contribution in [3.05, 3.63) is 35.9 Å². The zero-order chi connectivity index (χ0) is 17.8. The molecule has 5 heteroatoms. The molecule has 0 aliphatic heterocycles. The van der Waals surface area contributed by atoms with Gasteiger partial charge in [-0.2, -0.15) is 0 Å². The fraction of sp³-hybridized carbons (Fsp3) is 0.579. The smallest absolute Gasteiger partial charge is 0.305 e. The van der Waals surface area contributed by atoms with E-state index in [1.807, 2.05) is 18.2 Å². The third-order valence-corrected chi connectivity index (χ3v) is 5.34. The first-order valence-corrected chi connectivity index (χ1v) is 9.59. The quantitative estimate of drug-likeness (QED) is 0.487. The van der Waals surface area contributed by atoms with Gasteiger partial charge in [0.25, 0.3) is 0 Å². The van der Waals surface area contributed by atoms with Gasteiger partial charge in [-0.05, 0) is 24.3 Å². The molecule has 1 unspecified atom stereocenters. The lowest BCUT2D eigenvalue weighted by Crippen LogP contribution is -2.36. The number of rotatable bonds is 11. The Bertz CT molecular complexity index is 491. The largest absolute Gasteiger partial charge is 0.469 e. The number of hydrogen-bond donors (Lipinski definition) is 1. The van der Waals surface area contributed by atoms with Crippen LogP contribution in [0, 0.1) is 5.92 Å². The van der Waals surface area contributed by atoms with Crippen LogP contribution >= 0.6 is 11.8 Å². The van der Waals surface area contributed by atoms with E-state index < -0.39 is 0 Å². The van der Waals surface area contributed by atoms with Crippen LogP contribution in [0.4, 0.5) is 0 Å². The van der Waals surface area contributed by atoms with Crippen molar-refractivity contribution in [2.24, 2.45) is 5.92 Å². The Hall–Kier alpha value is -1.49. The summed E-state index contributed by atoms with van der Waals surface area (Å²) in [7, 11) is 1.40. The van der Waals surface area contributed by atoms with Gasteiger partial charge in [0.05, 0.1) is 12.4 Å². The van der Waals surface area contributed by atoms with Gasteiger partial charge in [-0.25, -0.2) is 0 Å². The Kier molecular flexibility index (Phi) is 10.2. The zero-order valence-electron chi connectivity index (χ0n) is 14.9. The minimum absolute atomic E-state index is 0.0414. The average Bonchev–Trinajstić information content (AvgIpc) is 2.58. The van der Waals surface area contributed by atoms with Crippen LogP contribution in [-0.4, -0.2) is 30.8 Å². The number of esters is 1. The molecule has 0 heterocycles. The molecular weight excluding hydrogens is 322 g/mol. The first-order valence-electron chi connectivity index (χ1n) is 8.54. The van der Waals surface area contributed by atoms with Crippen molar-refractivity contribution in [3.8, 4) is 0 Å². The molecule has 134 valence electrons. The van der Waals surface area contributed by atoms with Gasteiger partial charge in [0, 0.05) is 18.7 Å². The third kappa shape index (κ3) is 8.39. The molecule has 1 aromatic rings. The predicted octanol–water partition coefficient (Wildman–Crippen LogP) is 3.79. The number of methoxy groups -OCH3 is 1. The molecule has 0 saturated carbocycles. The van der Waals surface area contributed by atoms with Crippen molar-refractivity contribution in [3.63, 3.8) is 0 Å². The Balaban J connectivity index is 2.27. The van der Waals surface area contributed by atoms with Gasteiger partial charge in [0.1, 0.15) is 0 Å². The molecule has 4 nitrogen and oxygen atoms in total. The summed E-state index contributed by atoms with van der Waals surface area (Å²) in [6.07, 6.45) is 3.06. The molecule has 1 amide bonds. The minimum atomic E-state index is -0.170. The molecule has 0 aliphatic rings. The van der Waals surface area contributed by atoms with E-state index in [0.29, 0.717) is 13.0 Å². The number of amides is 1. The molecule has 24 heavy (non-hydrogen) atoms. The topological polar surface area (TPSA) is 55.4 Å². The second-order valence-electron chi connectivity index (χ2n) is 6.14. The minimum Gasteiger partial charge on any atom is -0.469 e. The molecule has 1 rings (SSSR count).